The Morgan fingerprint density at radius 1 is 1.05 bits per heavy atom. The van der Waals surface area contributed by atoms with Gasteiger partial charge >= 0.3 is 5.97 Å². The molecule has 0 aliphatic rings. The highest BCUT2D eigenvalue weighted by Crippen LogP contribution is 2.30. The average molecular weight is 277 g/mol. The molecular weight excluding hydrogens is 262 g/mol. The second-order valence-electron chi connectivity index (χ2n) is 4.72. The Hall–Kier alpha value is -2.68. The normalized spacial score (nSPS) is 10.5. The first kappa shape index (κ1) is 13.3. The SMILES string of the molecule is CCC(=O)Oc1cc(-c2ccccc2)nc2ccccc12. The zero-order valence-electron chi connectivity index (χ0n) is 11.7. The van der Waals surface area contributed by atoms with Crippen LogP contribution in [0, 0.1) is 0 Å². The van der Waals surface area contributed by atoms with Gasteiger partial charge in [0, 0.05) is 23.4 Å². The molecule has 0 unspecified atom stereocenters. The van der Waals surface area contributed by atoms with Gasteiger partial charge in [0.05, 0.1) is 11.2 Å². The molecule has 0 fully saturated rings. The molecule has 0 atom stereocenters. The first-order valence-electron chi connectivity index (χ1n) is 6.94. The average Bonchev–Trinajstić information content (AvgIpc) is 2.55. The zero-order valence-corrected chi connectivity index (χ0v) is 11.7. The van der Waals surface area contributed by atoms with E-state index in [0.29, 0.717) is 12.2 Å². The van der Waals surface area contributed by atoms with E-state index in [1.165, 1.54) is 0 Å². The molecule has 21 heavy (non-hydrogen) atoms. The highest BCUT2D eigenvalue weighted by atomic mass is 16.5. The number of pyridine rings is 1. The molecule has 1 aromatic heterocycles. The Morgan fingerprint density at radius 2 is 1.76 bits per heavy atom. The molecule has 0 saturated carbocycles. The van der Waals surface area contributed by atoms with Gasteiger partial charge in [0.15, 0.2) is 0 Å². The van der Waals surface area contributed by atoms with Gasteiger partial charge in [-0.25, -0.2) is 4.98 Å². The number of rotatable bonds is 3. The minimum absolute atomic E-state index is 0.245. The summed E-state index contributed by atoms with van der Waals surface area (Å²) in [4.78, 5) is 16.3. The molecule has 3 rings (SSSR count). The maximum absolute atomic E-state index is 11.6. The lowest BCUT2D eigenvalue weighted by Crippen LogP contribution is -2.06. The molecule has 0 aliphatic heterocycles. The Labute approximate surface area is 123 Å². The van der Waals surface area contributed by atoms with Gasteiger partial charge in [-0.2, -0.15) is 0 Å². The van der Waals surface area contributed by atoms with Gasteiger partial charge in [0.2, 0.25) is 0 Å². The van der Waals surface area contributed by atoms with Crippen LogP contribution in [-0.4, -0.2) is 11.0 Å². The van der Waals surface area contributed by atoms with Crippen LogP contribution in [-0.2, 0) is 4.79 Å². The number of benzene rings is 2. The van der Waals surface area contributed by atoms with Crippen molar-refractivity contribution in [2.75, 3.05) is 0 Å². The van der Waals surface area contributed by atoms with Gasteiger partial charge in [-0.3, -0.25) is 4.79 Å². The minimum atomic E-state index is -0.245. The number of ether oxygens (including phenoxy) is 1. The number of esters is 1. The smallest absolute Gasteiger partial charge is 0.310 e. The summed E-state index contributed by atoms with van der Waals surface area (Å²) in [5, 5.41) is 0.846. The quantitative estimate of drug-likeness (QED) is 0.673. The first-order chi connectivity index (χ1) is 10.3. The van der Waals surface area contributed by atoms with Crippen molar-refractivity contribution in [2.24, 2.45) is 0 Å². The van der Waals surface area contributed by atoms with E-state index in [4.69, 9.17) is 4.74 Å². The van der Waals surface area contributed by atoms with Gasteiger partial charge in [0.25, 0.3) is 0 Å². The van der Waals surface area contributed by atoms with Crippen LogP contribution in [0.3, 0.4) is 0 Å². The van der Waals surface area contributed by atoms with Crippen LogP contribution in [0.4, 0.5) is 0 Å². The molecule has 3 aromatic rings. The van der Waals surface area contributed by atoms with Gasteiger partial charge in [0.1, 0.15) is 5.75 Å². The Morgan fingerprint density at radius 3 is 2.52 bits per heavy atom. The summed E-state index contributed by atoms with van der Waals surface area (Å²) in [5.74, 6) is 0.316. The van der Waals surface area contributed by atoms with E-state index >= 15 is 0 Å². The van der Waals surface area contributed by atoms with E-state index in [-0.39, 0.29) is 5.97 Å². The van der Waals surface area contributed by atoms with Gasteiger partial charge in [-0.1, -0.05) is 49.4 Å². The Bertz CT molecular complexity index is 782. The molecule has 2 aromatic carbocycles. The van der Waals surface area contributed by atoms with Crippen LogP contribution in [0.2, 0.25) is 0 Å². The van der Waals surface area contributed by atoms with Crippen molar-refractivity contribution in [2.45, 2.75) is 13.3 Å². The van der Waals surface area contributed by atoms with Crippen LogP contribution >= 0.6 is 0 Å². The van der Waals surface area contributed by atoms with Crippen LogP contribution in [0.5, 0.6) is 5.75 Å². The molecule has 0 saturated heterocycles. The predicted octanol–water partition coefficient (Wildman–Crippen LogP) is 4.22. The fourth-order valence-electron chi connectivity index (χ4n) is 2.18. The maximum Gasteiger partial charge on any atom is 0.310 e. The molecular formula is C18H15NO2. The fourth-order valence-corrected chi connectivity index (χ4v) is 2.18. The van der Waals surface area contributed by atoms with E-state index in [1.807, 2.05) is 60.7 Å². The summed E-state index contributed by atoms with van der Waals surface area (Å²) < 4.78 is 5.46. The monoisotopic (exact) mass is 277 g/mol. The van der Waals surface area contributed by atoms with Crippen LogP contribution in [0.15, 0.2) is 60.7 Å². The molecule has 1 heterocycles. The summed E-state index contributed by atoms with van der Waals surface area (Å²) in [6.07, 6.45) is 0.345. The molecule has 3 heteroatoms. The highest BCUT2D eigenvalue weighted by Gasteiger charge is 2.10. The van der Waals surface area contributed by atoms with Crippen LogP contribution < -0.4 is 4.74 Å². The number of carbonyl (C=O) groups excluding carboxylic acids is 1. The van der Waals surface area contributed by atoms with E-state index < -0.39 is 0 Å². The number of carbonyl (C=O) groups is 1. The van der Waals surface area contributed by atoms with Gasteiger partial charge < -0.3 is 4.74 Å². The second kappa shape index (κ2) is 5.75. The summed E-state index contributed by atoms with van der Waals surface area (Å²) in [6.45, 7) is 1.78. The number of nitrogens with zero attached hydrogens (tertiary/aromatic N) is 1. The van der Waals surface area contributed by atoms with Crippen molar-refractivity contribution in [1.82, 2.24) is 4.98 Å². The van der Waals surface area contributed by atoms with Crippen molar-refractivity contribution in [3.63, 3.8) is 0 Å². The van der Waals surface area contributed by atoms with Crippen LogP contribution in [0.25, 0.3) is 22.2 Å². The molecule has 0 bridgehead atoms. The van der Waals surface area contributed by atoms with E-state index in [1.54, 1.807) is 6.92 Å². The number of fused-ring (bicyclic) bond motifs is 1. The van der Waals surface area contributed by atoms with Gasteiger partial charge in [-0.15, -0.1) is 0 Å². The summed E-state index contributed by atoms with van der Waals surface area (Å²) in [5.41, 5.74) is 2.61. The Balaban J connectivity index is 2.17. The lowest BCUT2D eigenvalue weighted by atomic mass is 10.1. The van der Waals surface area contributed by atoms with Crippen molar-refractivity contribution < 1.29 is 9.53 Å². The highest BCUT2D eigenvalue weighted by molar-refractivity contribution is 5.90. The number of aromatic nitrogens is 1. The van der Waals surface area contributed by atoms with Crippen molar-refractivity contribution in [3.05, 3.63) is 60.7 Å². The molecule has 0 spiro atoms. The third-order valence-electron chi connectivity index (χ3n) is 3.26. The predicted molar refractivity (Wildman–Crippen MR) is 83.1 cm³/mol. The van der Waals surface area contributed by atoms with Crippen LogP contribution in [0.1, 0.15) is 13.3 Å². The largest absolute Gasteiger partial charge is 0.426 e. The molecule has 104 valence electrons. The molecule has 0 N–H and O–H groups in total. The number of hydrogen-bond acceptors (Lipinski definition) is 3. The topological polar surface area (TPSA) is 39.2 Å². The number of para-hydroxylation sites is 1. The van der Waals surface area contributed by atoms with Crippen molar-refractivity contribution in [1.29, 1.82) is 0 Å². The summed E-state index contributed by atoms with van der Waals surface area (Å²) in [7, 11) is 0. The van der Waals surface area contributed by atoms with E-state index in [9.17, 15) is 4.79 Å². The summed E-state index contributed by atoms with van der Waals surface area (Å²) in [6, 6.07) is 19.4. The first-order valence-corrected chi connectivity index (χ1v) is 6.94. The van der Waals surface area contributed by atoms with Gasteiger partial charge in [-0.05, 0) is 12.1 Å². The number of hydrogen-bond donors (Lipinski definition) is 0. The summed E-state index contributed by atoms with van der Waals surface area (Å²) >= 11 is 0. The standard InChI is InChI=1S/C18H15NO2/c1-2-18(20)21-17-12-16(13-8-4-3-5-9-13)19-15-11-7-6-10-14(15)17/h3-12H,2H2,1H3. The Kier molecular flexibility index (Phi) is 3.65. The lowest BCUT2D eigenvalue weighted by Gasteiger charge is -2.09. The molecule has 0 amide bonds. The van der Waals surface area contributed by atoms with E-state index in [0.717, 1.165) is 22.2 Å². The molecule has 3 nitrogen and oxygen atoms in total. The minimum Gasteiger partial charge on any atom is -0.426 e. The maximum atomic E-state index is 11.6. The third-order valence-corrected chi connectivity index (χ3v) is 3.26. The molecule has 0 aliphatic carbocycles. The fraction of sp³-hybridized carbons (Fsp3) is 0.111. The lowest BCUT2D eigenvalue weighted by molar-refractivity contribution is -0.133. The second-order valence-corrected chi connectivity index (χ2v) is 4.72. The third kappa shape index (κ3) is 2.77. The van der Waals surface area contributed by atoms with Crippen molar-refractivity contribution in [3.8, 4) is 17.0 Å². The zero-order chi connectivity index (χ0) is 14.7. The van der Waals surface area contributed by atoms with E-state index in [2.05, 4.69) is 4.98 Å². The van der Waals surface area contributed by atoms with Crippen molar-refractivity contribution >= 4 is 16.9 Å². The molecule has 0 radical (unpaired) electrons.